The van der Waals surface area contributed by atoms with Crippen molar-refractivity contribution < 1.29 is 9.18 Å². The molecule has 2 nitrogen and oxygen atoms in total. The predicted octanol–water partition coefficient (Wildman–Crippen LogP) is 2.01. The Labute approximate surface area is 83.1 Å². The van der Waals surface area contributed by atoms with Crippen LogP contribution in [0.5, 0.6) is 0 Å². The summed E-state index contributed by atoms with van der Waals surface area (Å²) in [5.41, 5.74) is 0.154. The first kappa shape index (κ1) is 10.9. The first-order valence-electron chi connectivity index (χ1n) is 4.69. The zero-order valence-corrected chi connectivity index (χ0v) is 8.38. The van der Waals surface area contributed by atoms with E-state index in [1.807, 2.05) is 6.92 Å². The number of carbonyl (C=O) groups is 1. The topological polar surface area (TPSA) is 29.1 Å². The fraction of sp³-hybridized carbons (Fsp3) is 0.364. The zero-order chi connectivity index (χ0) is 10.6. The molecule has 14 heavy (non-hydrogen) atoms. The summed E-state index contributed by atoms with van der Waals surface area (Å²) in [6.45, 7) is 4.34. The van der Waals surface area contributed by atoms with Crippen LogP contribution in [0.4, 0.5) is 4.39 Å². The highest BCUT2D eigenvalue weighted by Crippen LogP contribution is 2.08. The quantitative estimate of drug-likeness (QED) is 0.744. The van der Waals surface area contributed by atoms with Gasteiger partial charge in [-0.15, -0.1) is 0 Å². The minimum Gasteiger partial charge on any atom is -0.308 e. The van der Waals surface area contributed by atoms with Gasteiger partial charge in [0.05, 0.1) is 11.6 Å². The van der Waals surface area contributed by atoms with Crippen molar-refractivity contribution in [1.29, 1.82) is 0 Å². The Morgan fingerprint density at radius 3 is 2.71 bits per heavy atom. The van der Waals surface area contributed by atoms with Crippen molar-refractivity contribution in [2.75, 3.05) is 6.54 Å². The lowest BCUT2D eigenvalue weighted by Gasteiger charge is -2.11. The lowest BCUT2D eigenvalue weighted by atomic mass is 10.1. The molecule has 0 heterocycles. The van der Waals surface area contributed by atoms with E-state index >= 15 is 0 Å². The van der Waals surface area contributed by atoms with Gasteiger partial charge in [0, 0.05) is 0 Å². The van der Waals surface area contributed by atoms with Crippen LogP contribution in [0, 0.1) is 5.82 Å². The summed E-state index contributed by atoms with van der Waals surface area (Å²) in [7, 11) is 0. The van der Waals surface area contributed by atoms with Gasteiger partial charge >= 0.3 is 0 Å². The molecule has 0 unspecified atom stereocenters. The summed E-state index contributed by atoms with van der Waals surface area (Å²) >= 11 is 0. The number of nitrogens with one attached hydrogen (secondary N) is 1. The third-order valence-electron chi connectivity index (χ3n) is 2.04. The van der Waals surface area contributed by atoms with E-state index in [0.29, 0.717) is 6.54 Å². The van der Waals surface area contributed by atoms with E-state index in [-0.39, 0.29) is 17.4 Å². The summed E-state index contributed by atoms with van der Waals surface area (Å²) in [5, 5.41) is 2.95. The highest BCUT2D eigenvalue weighted by Gasteiger charge is 2.16. The third kappa shape index (κ3) is 2.39. The summed E-state index contributed by atoms with van der Waals surface area (Å²) in [5.74, 6) is -0.660. The molecule has 0 aliphatic rings. The van der Waals surface area contributed by atoms with Crippen molar-refractivity contribution in [2.45, 2.75) is 19.9 Å². The zero-order valence-electron chi connectivity index (χ0n) is 8.38. The van der Waals surface area contributed by atoms with Crippen molar-refractivity contribution in [3.63, 3.8) is 0 Å². The first-order chi connectivity index (χ1) is 6.66. The van der Waals surface area contributed by atoms with E-state index in [2.05, 4.69) is 5.32 Å². The van der Waals surface area contributed by atoms with Gasteiger partial charge in [-0.3, -0.25) is 4.79 Å². The smallest absolute Gasteiger partial charge is 0.182 e. The molecule has 0 aliphatic heterocycles. The molecule has 0 spiro atoms. The number of carbonyl (C=O) groups excluding carboxylic acids is 1. The van der Waals surface area contributed by atoms with Gasteiger partial charge in [0.2, 0.25) is 0 Å². The Hall–Kier alpha value is -1.22. The largest absolute Gasteiger partial charge is 0.308 e. The highest BCUT2D eigenvalue weighted by atomic mass is 19.1. The minimum absolute atomic E-state index is 0.154. The van der Waals surface area contributed by atoms with Gasteiger partial charge in [-0.1, -0.05) is 19.1 Å². The summed E-state index contributed by atoms with van der Waals surface area (Å²) < 4.78 is 13.2. The van der Waals surface area contributed by atoms with Crippen molar-refractivity contribution in [3.8, 4) is 0 Å². The maximum Gasteiger partial charge on any atom is 0.182 e. The number of benzene rings is 1. The monoisotopic (exact) mass is 195 g/mol. The lowest BCUT2D eigenvalue weighted by Crippen LogP contribution is -2.34. The van der Waals surface area contributed by atoms with Gasteiger partial charge in [-0.25, -0.2) is 4.39 Å². The molecule has 3 heteroatoms. The van der Waals surface area contributed by atoms with Gasteiger partial charge in [0.25, 0.3) is 0 Å². The van der Waals surface area contributed by atoms with Crippen LogP contribution in [0.3, 0.4) is 0 Å². The second-order valence-corrected chi connectivity index (χ2v) is 3.12. The molecular weight excluding hydrogens is 181 g/mol. The SMILES string of the molecule is CCN[C@@H](C)C(=O)c1ccccc1F. The second-order valence-electron chi connectivity index (χ2n) is 3.12. The molecule has 76 valence electrons. The molecule has 1 rings (SSSR count). The number of halogens is 1. The van der Waals surface area contributed by atoms with Crippen LogP contribution in [0.25, 0.3) is 0 Å². The predicted molar refractivity (Wildman–Crippen MR) is 53.9 cm³/mol. The lowest BCUT2D eigenvalue weighted by molar-refractivity contribution is 0.0948. The van der Waals surface area contributed by atoms with E-state index in [1.54, 1.807) is 19.1 Å². The Balaban J connectivity index is 2.84. The average Bonchev–Trinajstić information content (AvgIpc) is 2.18. The molecule has 1 atom stereocenters. The molecule has 1 aromatic rings. The van der Waals surface area contributed by atoms with Crippen molar-refractivity contribution in [2.24, 2.45) is 0 Å². The van der Waals surface area contributed by atoms with Gasteiger partial charge in [-0.2, -0.15) is 0 Å². The Bertz CT molecular complexity index is 325. The molecule has 0 bridgehead atoms. The minimum atomic E-state index is -0.456. The van der Waals surface area contributed by atoms with Gasteiger partial charge in [-0.05, 0) is 25.6 Å². The first-order valence-corrected chi connectivity index (χ1v) is 4.69. The van der Waals surface area contributed by atoms with Crippen LogP contribution in [0.2, 0.25) is 0 Å². The molecule has 0 amide bonds. The van der Waals surface area contributed by atoms with Crippen LogP contribution in [0.1, 0.15) is 24.2 Å². The number of likely N-dealkylation sites (N-methyl/N-ethyl adjacent to an activating group) is 1. The van der Waals surface area contributed by atoms with Crippen LogP contribution in [0.15, 0.2) is 24.3 Å². The molecule has 0 saturated carbocycles. The highest BCUT2D eigenvalue weighted by molar-refractivity contribution is 6.00. The summed E-state index contributed by atoms with van der Waals surface area (Å²) in [6.07, 6.45) is 0. The van der Waals surface area contributed by atoms with Gasteiger partial charge in [0.15, 0.2) is 5.78 Å². The van der Waals surface area contributed by atoms with Crippen LogP contribution in [-0.2, 0) is 0 Å². The Kier molecular flexibility index (Phi) is 3.77. The van der Waals surface area contributed by atoms with Crippen LogP contribution < -0.4 is 5.32 Å². The maximum atomic E-state index is 13.2. The second kappa shape index (κ2) is 4.86. The van der Waals surface area contributed by atoms with Crippen LogP contribution >= 0.6 is 0 Å². The number of hydrogen-bond donors (Lipinski definition) is 1. The van der Waals surface area contributed by atoms with E-state index in [4.69, 9.17) is 0 Å². The molecular formula is C11H14FNO. The molecule has 0 saturated heterocycles. The molecule has 0 fully saturated rings. The van der Waals surface area contributed by atoms with E-state index in [1.165, 1.54) is 12.1 Å². The maximum absolute atomic E-state index is 13.2. The summed E-state index contributed by atoms with van der Waals surface area (Å²) in [4.78, 5) is 11.7. The van der Waals surface area contributed by atoms with Crippen molar-refractivity contribution >= 4 is 5.78 Å². The van der Waals surface area contributed by atoms with Crippen molar-refractivity contribution in [1.82, 2.24) is 5.32 Å². The number of hydrogen-bond acceptors (Lipinski definition) is 2. The molecule has 0 aromatic heterocycles. The van der Waals surface area contributed by atoms with Crippen LogP contribution in [-0.4, -0.2) is 18.4 Å². The Morgan fingerprint density at radius 2 is 2.14 bits per heavy atom. The standard InChI is InChI=1S/C11H14FNO/c1-3-13-8(2)11(14)9-6-4-5-7-10(9)12/h4-8,13H,3H2,1-2H3/t8-/m0/s1. The number of ketones is 1. The molecule has 0 aliphatic carbocycles. The number of Topliss-reactive ketones (excluding diaryl/α,β-unsaturated/α-hetero) is 1. The summed E-state index contributed by atoms with van der Waals surface area (Å²) in [6, 6.07) is 5.70. The number of rotatable bonds is 4. The van der Waals surface area contributed by atoms with E-state index < -0.39 is 5.82 Å². The fourth-order valence-corrected chi connectivity index (χ4v) is 1.29. The molecule has 0 radical (unpaired) electrons. The molecule has 1 N–H and O–H groups in total. The average molecular weight is 195 g/mol. The van der Waals surface area contributed by atoms with Gasteiger partial charge in [0.1, 0.15) is 5.82 Å². The normalized spacial score (nSPS) is 12.5. The van der Waals surface area contributed by atoms with E-state index in [9.17, 15) is 9.18 Å². The fourth-order valence-electron chi connectivity index (χ4n) is 1.29. The molecule has 1 aromatic carbocycles. The van der Waals surface area contributed by atoms with Crippen molar-refractivity contribution in [3.05, 3.63) is 35.6 Å². The third-order valence-corrected chi connectivity index (χ3v) is 2.04. The van der Waals surface area contributed by atoms with E-state index in [0.717, 1.165) is 0 Å². The Morgan fingerprint density at radius 1 is 1.50 bits per heavy atom. The van der Waals surface area contributed by atoms with Gasteiger partial charge < -0.3 is 5.32 Å².